The van der Waals surface area contributed by atoms with E-state index in [1.807, 2.05) is 48.5 Å². The minimum atomic E-state index is -0.00204. The fraction of sp³-hybridized carbons (Fsp3) is 0.160. The third-order valence-electron chi connectivity index (χ3n) is 5.68. The Morgan fingerprint density at radius 2 is 1.57 bits per heavy atom. The molecule has 0 atom stereocenters. The van der Waals surface area contributed by atoms with E-state index in [2.05, 4.69) is 40.2 Å². The van der Waals surface area contributed by atoms with Gasteiger partial charge in [0.25, 0.3) is 0 Å². The molecule has 1 aliphatic carbocycles. The summed E-state index contributed by atoms with van der Waals surface area (Å²) in [6.07, 6.45) is 3.84. The Bertz CT molecular complexity index is 1200. The van der Waals surface area contributed by atoms with Crippen molar-refractivity contribution >= 4 is 26.9 Å². The lowest BCUT2D eigenvalue weighted by atomic mass is 9.80. The zero-order chi connectivity index (χ0) is 19.1. The molecule has 1 fully saturated rings. The molecule has 0 bridgehead atoms. The zero-order valence-electron chi connectivity index (χ0n) is 15.3. The Balaban J connectivity index is 1.76. The highest BCUT2D eigenvalue weighted by Crippen LogP contribution is 2.38. The maximum Gasteiger partial charge on any atom is 0.201 e. The van der Waals surface area contributed by atoms with Crippen LogP contribution in [0.4, 0.5) is 0 Å². The largest absolute Gasteiger partial charge is 0.454 e. The summed E-state index contributed by atoms with van der Waals surface area (Å²) in [5.74, 6) is 1.29. The molecular weight excluding hydrogens is 412 g/mol. The molecule has 0 aliphatic heterocycles. The molecule has 0 unspecified atom stereocenters. The van der Waals surface area contributed by atoms with E-state index in [0.717, 1.165) is 15.6 Å². The average molecular weight is 431 g/mol. The van der Waals surface area contributed by atoms with E-state index in [0.29, 0.717) is 28.2 Å². The molecule has 0 N–H and O–H groups in total. The minimum Gasteiger partial charge on any atom is -0.454 e. The van der Waals surface area contributed by atoms with Gasteiger partial charge in [0.1, 0.15) is 5.76 Å². The van der Waals surface area contributed by atoms with Crippen molar-refractivity contribution in [3.63, 3.8) is 0 Å². The first-order valence-corrected chi connectivity index (χ1v) is 10.4. The van der Waals surface area contributed by atoms with Crippen molar-refractivity contribution in [3.8, 4) is 22.5 Å². The molecule has 0 amide bonds. The van der Waals surface area contributed by atoms with E-state index in [-0.39, 0.29) is 5.43 Å². The summed E-state index contributed by atoms with van der Waals surface area (Å²) < 4.78 is 7.09. The molecular formula is C25H19BrO2. The lowest BCUT2D eigenvalue weighted by Crippen LogP contribution is -2.09. The number of halogens is 1. The van der Waals surface area contributed by atoms with Crippen LogP contribution < -0.4 is 5.43 Å². The molecule has 0 spiro atoms. The second kappa shape index (κ2) is 7.06. The predicted octanol–water partition coefficient (Wildman–Crippen LogP) is 7.16. The summed E-state index contributed by atoms with van der Waals surface area (Å²) >= 11 is 3.53. The molecule has 28 heavy (non-hydrogen) atoms. The van der Waals surface area contributed by atoms with Crippen molar-refractivity contribution in [3.05, 3.63) is 93.1 Å². The van der Waals surface area contributed by atoms with Crippen molar-refractivity contribution in [1.29, 1.82) is 0 Å². The number of rotatable bonds is 3. The summed E-state index contributed by atoms with van der Waals surface area (Å²) in [6.45, 7) is 0. The molecule has 5 rings (SSSR count). The van der Waals surface area contributed by atoms with Gasteiger partial charge in [-0.05, 0) is 57.9 Å². The normalized spacial score (nSPS) is 14.2. The lowest BCUT2D eigenvalue weighted by molar-refractivity contribution is 0.420. The smallest absolute Gasteiger partial charge is 0.201 e. The highest BCUT2D eigenvalue weighted by atomic mass is 79.9. The van der Waals surface area contributed by atoms with E-state index in [1.165, 1.54) is 24.8 Å². The third kappa shape index (κ3) is 2.91. The number of hydrogen-bond donors (Lipinski definition) is 0. The zero-order valence-corrected chi connectivity index (χ0v) is 16.9. The molecule has 2 nitrogen and oxygen atoms in total. The van der Waals surface area contributed by atoms with Gasteiger partial charge in [0.2, 0.25) is 5.43 Å². The topological polar surface area (TPSA) is 30.2 Å². The molecule has 3 aromatic carbocycles. The minimum absolute atomic E-state index is 0.00204. The molecule has 4 aromatic rings. The van der Waals surface area contributed by atoms with Crippen LogP contribution in [0.2, 0.25) is 0 Å². The van der Waals surface area contributed by atoms with Crippen LogP contribution in [-0.2, 0) is 0 Å². The first-order chi connectivity index (χ1) is 13.7. The number of para-hydroxylation sites is 1. The van der Waals surface area contributed by atoms with Gasteiger partial charge in [-0.2, -0.15) is 0 Å². The molecule has 3 heteroatoms. The fourth-order valence-electron chi connectivity index (χ4n) is 3.90. The lowest BCUT2D eigenvalue weighted by Gasteiger charge is -2.25. The fourth-order valence-corrected chi connectivity index (χ4v) is 4.35. The van der Waals surface area contributed by atoms with Crippen LogP contribution in [0, 0.1) is 0 Å². The predicted molar refractivity (Wildman–Crippen MR) is 118 cm³/mol. The van der Waals surface area contributed by atoms with Gasteiger partial charge >= 0.3 is 0 Å². The van der Waals surface area contributed by atoms with Crippen LogP contribution in [-0.4, -0.2) is 0 Å². The van der Waals surface area contributed by atoms with Gasteiger partial charge in [-0.25, -0.2) is 0 Å². The molecule has 1 heterocycles. The van der Waals surface area contributed by atoms with Crippen molar-refractivity contribution in [2.45, 2.75) is 25.2 Å². The van der Waals surface area contributed by atoms with E-state index in [4.69, 9.17) is 4.42 Å². The number of benzene rings is 3. The molecule has 1 saturated carbocycles. The van der Waals surface area contributed by atoms with E-state index in [9.17, 15) is 4.79 Å². The van der Waals surface area contributed by atoms with Crippen molar-refractivity contribution in [2.24, 2.45) is 0 Å². The van der Waals surface area contributed by atoms with Gasteiger partial charge in [-0.3, -0.25) is 4.79 Å². The Morgan fingerprint density at radius 1 is 0.821 bits per heavy atom. The number of fused-ring (bicyclic) bond motifs is 1. The maximum atomic E-state index is 13.5. The Kier molecular flexibility index (Phi) is 4.40. The first-order valence-electron chi connectivity index (χ1n) is 9.63. The summed E-state index contributed by atoms with van der Waals surface area (Å²) in [6, 6.07) is 23.9. The van der Waals surface area contributed by atoms with Crippen LogP contribution in [0.5, 0.6) is 0 Å². The van der Waals surface area contributed by atoms with E-state index < -0.39 is 0 Å². The number of hydrogen-bond acceptors (Lipinski definition) is 2. The van der Waals surface area contributed by atoms with Crippen LogP contribution in [0.25, 0.3) is 33.4 Å². The second-order valence-corrected chi connectivity index (χ2v) is 8.22. The van der Waals surface area contributed by atoms with Crippen molar-refractivity contribution < 1.29 is 4.42 Å². The molecule has 0 saturated heterocycles. The summed E-state index contributed by atoms with van der Waals surface area (Å²) in [4.78, 5) is 13.5. The summed E-state index contributed by atoms with van der Waals surface area (Å²) in [5, 5.41) is 0.590. The van der Waals surface area contributed by atoms with Gasteiger partial charge in [-0.1, -0.05) is 67.1 Å². The first kappa shape index (κ1) is 17.4. The Hall–Kier alpha value is -2.65. The van der Waals surface area contributed by atoms with Crippen LogP contribution in [0.3, 0.4) is 0 Å². The molecule has 1 aromatic heterocycles. The van der Waals surface area contributed by atoms with Crippen LogP contribution in [0.1, 0.15) is 30.7 Å². The quantitative estimate of drug-likeness (QED) is 0.345. The van der Waals surface area contributed by atoms with Gasteiger partial charge in [-0.15, -0.1) is 0 Å². The SMILES string of the molecule is O=c1c(-c2ccc(C3CCC3)cc2)c(-c2ccccc2)oc2c(Br)cccc12. The van der Waals surface area contributed by atoms with Gasteiger partial charge in [0.15, 0.2) is 5.58 Å². The van der Waals surface area contributed by atoms with Crippen molar-refractivity contribution in [2.75, 3.05) is 0 Å². The Labute approximate surface area is 172 Å². The van der Waals surface area contributed by atoms with Gasteiger partial charge in [0, 0.05) is 5.56 Å². The van der Waals surface area contributed by atoms with E-state index in [1.54, 1.807) is 0 Å². The third-order valence-corrected chi connectivity index (χ3v) is 6.31. The molecule has 138 valence electrons. The molecule has 1 aliphatic rings. The van der Waals surface area contributed by atoms with Gasteiger partial charge in [0.05, 0.1) is 15.4 Å². The van der Waals surface area contributed by atoms with Gasteiger partial charge < -0.3 is 4.42 Å². The highest BCUT2D eigenvalue weighted by molar-refractivity contribution is 9.10. The molecule has 0 radical (unpaired) electrons. The van der Waals surface area contributed by atoms with Crippen molar-refractivity contribution in [1.82, 2.24) is 0 Å². The summed E-state index contributed by atoms with van der Waals surface area (Å²) in [7, 11) is 0. The monoisotopic (exact) mass is 430 g/mol. The maximum absolute atomic E-state index is 13.5. The highest BCUT2D eigenvalue weighted by Gasteiger charge is 2.21. The Morgan fingerprint density at radius 3 is 2.25 bits per heavy atom. The average Bonchev–Trinajstić information content (AvgIpc) is 2.69. The summed E-state index contributed by atoms with van der Waals surface area (Å²) in [5.41, 5.74) is 4.37. The van der Waals surface area contributed by atoms with Crippen LogP contribution >= 0.6 is 15.9 Å². The van der Waals surface area contributed by atoms with Crippen LogP contribution in [0.15, 0.2) is 86.5 Å². The second-order valence-electron chi connectivity index (χ2n) is 7.37. The van der Waals surface area contributed by atoms with E-state index >= 15 is 0 Å². The standard InChI is InChI=1S/C25H19BrO2/c26-21-11-5-10-20-23(27)22(18-14-12-17(13-15-18)16-8-4-9-16)24(28-25(20)21)19-6-2-1-3-7-19/h1-3,5-7,10-16H,4,8-9H2.